The Kier molecular flexibility index (Phi) is 4.38. The molecule has 1 aliphatic rings. The van der Waals surface area contributed by atoms with Gasteiger partial charge in [0, 0.05) is 19.0 Å². The number of furan rings is 1. The molecule has 3 heterocycles. The Balaban J connectivity index is 1.55. The van der Waals surface area contributed by atoms with Crippen molar-refractivity contribution in [1.82, 2.24) is 25.6 Å². The van der Waals surface area contributed by atoms with Gasteiger partial charge >= 0.3 is 0 Å². The highest BCUT2D eigenvalue weighted by Crippen LogP contribution is 2.25. The maximum absolute atomic E-state index is 11.6. The van der Waals surface area contributed by atoms with E-state index in [4.69, 9.17) is 9.15 Å². The molecule has 2 aromatic rings. The van der Waals surface area contributed by atoms with E-state index in [-0.39, 0.29) is 24.5 Å². The third kappa shape index (κ3) is 3.57. The van der Waals surface area contributed by atoms with E-state index in [1.165, 1.54) is 6.92 Å². The number of ether oxygens (including phenoxy) is 1. The highest BCUT2D eigenvalue weighted by molar-refractivity contribution is 5.83. The molecule has 2 aromatic heterocycles. The Morgan fingerprint density at radius 1 is 1.43 bits per heavy atom. The summed E-state index contributed by atoms with van der Waals surface area (Å²) in [5, 5.41) is 13.4. The third-order valence-corrected chi connectivity index (χ3v) is 3.49. The van der Waals surface area contributed by atoms with Crippen LogP contribution in [0.15, 0.2) is 23.0 Å². The van der Waals surface area contributed by atoms with Crippen LogP contribution in [0.1, 0.15) is 12.6 Å². The first-order chi connectivity index (χ1) is 11.1. The van der Waals surface area contributed by atoms with Crippen molar-refractivity contribution in [2.45, 2.75) is 26.2 Å². The minimum Gasteiger partial charge on any atom is -0.472 e. The van der Waals surface area contributed by atoms with Gasteiger partial charge in [-0.15, -0.1) is 5.10 Å². The largest absolute Gasteiger partial charge is 0.472 e. The molecule has 0 spiro atoms. The van der Waals surface area contributed by atoms with Gasteiger partial charge in [-0.3, -0.25) is 9.59 Å². The summed E-state index contributed by atoms with van der Waals surface area (Å²) in [6.07, 6.45) is 3.00. The summed E-state index contributed by atoms with van der Waals surface area (Å²) in [5.74, 6) is -0.500. The molecule has 0 radical (unpaired) electrons. The summed E-state index contributed by atoms with van der Waals surface area (Å²) in [6, 6.07) is 1.82. The average Bonchev–Trinajstić information content (AvgIpc) is 3.19. The Hall–Kier alpha value is -2.68. The lowest BCUT2D eigenvalue weighted by Crippen LogP contribution is -2.42. The van der Waals surface area contributed by atoms with Crippen LogP contribution in [0, 0.1) is 0 Å². The van der Waals surface area contributed by atoms with Crippen LogP contribution in [0.4, 0.5) is 0 Å². The van der Waals surface area contributed by atoms with E-state index in [1.54, 1.807) is 17.2 Å². The summed E-state index contributed by atoms with van der Waals surface area (Å²) in [7, 11) is 0. The van der Waals surface area contributed by atoms with Crippen LogP contribution in [-0.4, -0.2) is 46.0 Å². The van der Waals surface area contributed by atoms with Crippen molar-refractivity contribution in [2.24, 2.45) is 0 Å². The van der Waals surface area contributed by atoms with E-state index in [0.717, 1.165) is 17.0 Å². The number of rotatable bonds is 5. The molecule has 122 valence electrons. The van der Waals surface area contributed by atoms with Gasteiger partial charge in [0.1, 0.15) is 5.69 Å². The van der Waals surface area contributed by atoms with Crippen LogP contribution >= 0.6 is 0 Å². The first-order valence-electron chi connectivity index (χ1n) is 7.21. The molecule has 1 atom stereocenters. The number of hydrogen-bond donors (Lipinski definition) is 2. The number of nitrogens with zero attached hydrogens (tertiary/aromatic N) is 3. The molecule has 0 aliphatic carbocycles. The van der Waals surface area contributed by atoms with Gasteiger partial charge in [0.05, 0.1) is 44.0 Å². The van der Waals surface area contributed by atoms with Crippen molar-refractivity contribution in [2.75, 3.05) is 13.1 Å². The minimum absolute atomic E-state index is 0.0404. The van der Waals surface area contributed by atoms with Crippen LogP contribution in [0.25, 0.3) is 11.3 Å². The van der Waals surface area contributed by atoms with Gasteiger partial charge in [-0.05, 0) is 6.07 Å². The predicted octanol–water partition coefficient (Wildman–Crippen LogP) is -0.311. The van der Waals surface area contributed by atoms with Crippen molar-refractivity contribution in [1.29, 1.82) is 0 Å². The molecule has 1 aliphatic heterocycles. The molecule has 2 N–H and O–H groups in total. The summed E-state index contributed by atoms with van der Waals surface area (Å²) >= 11 is 0. The molecule has 0 bridgehead atoms. The zero-order chi connectivity index (χ0) is 16.2. The van der Waals surface area contributed by atoms with Crippen molar-refractivity contribution in [3.8, 4) is 11.3 Å². The van der Waals surface area contributed by atoms with Crippen molar-refractivity contribution in [3.63, 3.8) is 0 Å². The van der Waals surface area contributed by atoms with Crippen LogP contribution in [0.5, 0.6) is 0 Å². The lowest BCUT2D eigenvalue weighted by molar-refractivity contribution is -0.125. The van der Waals surface area contributed by atoms with E-state index in [1.807, 2.05) is 6.07 Å². The Labute approximate surface area is 132 Å². The number of hydrogen-bond acceptors (Lipinski definition) is 6. The first-order valence-corrected chi connectivity index (χ1v) is 7.21. The van der Waals surface area contributed by atoms with E-state index in [2.05, 4.69) is 20.9 Å². The van der Waals surface area contributed by atoms with Gasteiger partial charge in [-0.2, -0.15) is 0 Å². The molecular formula is C14H17N5O4. The van der Waals surface area contributed by atoms with Crippen molar-refractivity contribution >= 4 is 11.8 Å². The highest BCUT2D eigenvalue weighted by atomic mass is 16.5. The van der Waals surface area contributed by atoms with E-state index in [9.17, 15) is 9.59 Å². The number of amides is 2. The van der Waals surface area contributed by atoms with Crippen LogP contribution in [-0.2, 0) is 27.5 Å². The third-order valence-electron chi connectivity index (χ3n) is 3.49. The Morgan fingerprint density at radius 3 is 3.04 bits per heavy atom. The van der Waals surface area contributed by atoms with Crippen molar-refractivity contribution in [3.05, 3.63) is 24.3 Å². The molecule has 9 nitrogen and oxygen atoms in total. The molecule has 3 rings (SSSR count). The fourth-order valence-electron chi connectivity index (χ4n) is 2.31. The summed E-state index contributed by atoms with van der Waals surface area (Å²) < 4.78 is 12.6. The second kappa shape index (κ2) is 6.61. The van der Waals surface area contributed by atoms with Gasteiger partial charge in [-0.1, -0.05) is 5.21 Å². The number of aromatic nitrogens is 3. The Morgan fingerprint density at radius 2 is 2.30 bits per heavy atom. The van der Waals surface area contributed by atoms with Gasteiger partial charge in [0.2, 0.25) is 11.8 Å². The van der Waals surface area contributed by atoms with E-state index in [0.29, 0.717) is 19.7 Å². The smallest absolute Gasteiger partial charge is 0.239 e. The monoisotopic (exact) mass is 319 g/mol. The van der Waals surface area contributed by atoms with Gasteiger partial charge in [0.25, 0.3) is 0 Å². The molecule has 0 fully saturated rings. The molecule has 0 saturated heterocycles. The minimum atomic E-state index is -0.257. The second-order valence-corrected chi connectivity index (χ2v) is 5.23. The van der Waals surface area contributed by atoms with Crippen LogP contribution in [0.2, 0.25) is 0 Å². The van der Waals surface area contributed by atoms with Gasteiger partial charge < -0.3 is 19.8 Å². The summed E-state index contributed by atoms with van der Waals surface area (Å²) in [4.78, 5) is 22.3. The second-order valence-electron chi connectivity index (χ2n) is 5.23. The summed E-state index contributed by atoms with van der Waals surface area (Å²) in [6.45, 7) is 2.53. The SMILES string of the molecule is CC(=O)NCC(=O)NC[C@H]1Cn2nnc(-c3ccoc3)c2CO1. The normalized spacial score (nSPS) is 16.7. The van der Waals surface area contributed by atoms with Crippen molar-refractivity contribution < 1.29 is 18.7 Å². The van der Waals surface area contributed by atoms with Crippen LogP contribution < -0.4 is 10.6 Å². The number of carbonyl (C=O) groups is 2. The zero-order valence-electron chi connectivity index (χ0n) is 12.6. The number of nitrogens with one attached hydrogen (secondary N) is 2. The molecule has 0 unspecified atom stereocenters. The zero-order valence-corrected chi connectivity index (χ0v) is 12.6. The standard InChI is InChI=1S/C14H17N5O4/c1-9(20)15-5-13(21)16-4-11-6-19-12(8-23-11)14(17-18-19)10-2-3-22-7-10/h2-3,7,11H,4-6,8H2,1H3,(H,15,20)(H,16,21)/t11-/m0/s1. The van der Waals surface area contributed by atoms with E-state index < -0.39 is 0 Å². The topological polar surface area (TPSA) is 111 Å². The molecule has 2 amide bonds. The molecule has 0 saturated carbocycles. The van der Waals surface area contributed by atoms with E-state index >= 15 is 0 Å². The quantitative estimate of drug-likeness (QED) is 0.782. The van der Waals surface area contributed by atoms with Crippen LogP contribution in [0.3, 0.4) is 0 Å². The predicted molar refractivity (Wildman–Crippen MR) is 78.0 cm³/mol. The lowest BCUT2D eigenvalue weighted by atomic mass is 10.2. The highest BCUT2D eigenvalue weighted by Gasteiger charge is 2.25. The fraction of sp³-hybridized carbons (Fsp3) is 0.429. The fourth-order valence-corrected chi connectivity index (χ4v) is 2.31. The summed E-state index contributed by atoms with van der Waals surface area (Å²) in [5.41, 5.74) is 2.48. The molecule has 0 aromatic carbocycles. The number of fused-ring (bicyclic) bond motifs is 1. The lowest BCUT2D eigenvalue weighted by Gasteiger charge is -2.24. The molecule has 9 heteroatoms. The maximum atomic E-state index is 11.6. The molecule has 23 heavy (non-hydrogen) atoms. The Bertz CT molecular complexity index is 694. The first kappa shape index (κ1) is 15.2. The maximum Gasteiger partial charge on any atom is 0.239 e. The molecular weight excluding hydrogens is 302 g/mol. The average molecular weight is 319 g/mol. The number of carbonyl (C=O) groups excluding carboxylic acids is 2. The van der Waals surface area contributed by atoms with Gasteiger partial charge in [-0.25, -0.2) is 4.68 Å². The van der Waals surface area contributed by atoms with Gasteiger partial charge in [0.15, 0.2) is 0 Å².